The van der Waals surface area contributed by atoms with Crippen LogP contribution < -0.4 is 5.73 Å². The Kier molecular flexibility index (Phi) is 4.91. The van der Waals surface area contributed by atoms with Gasteiger partial charge in [0.2, 0.25) is 10.0 Å². The molecule has 0 spiro atoms. The number of rotatable bonds is 3. The SMILES string of the molecule is CC1(C)CCN(S(=O)(=O)c2cc(CN)oc2Br)CCS1. The minimum absolute atomic E-state index is 0.111. The monoisotopic (exact) mass is 382 g/mol. The summed E-state index contributed by atoms with van der Waals surface area (Å²) in [7, 11) is -3.53. The van der Waals surface area contributed by atoms with E-state index in [0.29, 0.717) is 18.8 Å². The van der Waals surface area contributed by atoms with Crippen LogP contribution in [-0.4, -0.2) is 36.3 Å². The average Bonchev–Trinajstić information content (AvgIpc) is 2.64. The van der Waals surface area contributed by atoms with Crippen molar-refractivity contribution in [3.05, 3.63) is 16.5 Å². The number of hydrogen-bond donors (Lipinski definition) is 1. The molecule has 1 aromatic rings. The highest BCUT2D eigenvalue weighted by Gasteiger charge is 2.33. The van der Waals surface area contributed by atoms with Gasteiger partial charge in [0.1, 0.15) is 10.7 Å². The Morgan fingerprint density at radius 2 is 2.20 bits per heavy atom. The van der Waals surface area contributed by atoms with Gasteiger partial charge in [0.05, 0.1) is 6.54 Å². The molecule has 20 heavy (non-hydrogen) atoms. The second-order valence-electron chi connectivity index (χ2n) is 5.32. The normalized spacial score (nSPS) is 20.8. The Balaban J connectivity index is 2.28. The van der Waals surface area contributed by atoms with E-state index >= 15 is 0 Å². The summed E-state index contributed by atoms with van der Waals surface area (Å²) < 4.78 is 32.5. The molecule has 8 heteroatoms. The molecule has 0 atom stereocenters. The third-order valence-electron chi connectivity index (χ3n) is 3.32. The second kappa shape index (κ2) is 6.00. The number of sulfonamides is 1. The van der Waals surface area contributed by atoms with E-state index in [4.69, 9.17) is 10.2 Å². The van der Waals surface area contributed by atoms with Crippen LogP contribution in [0.5, 0.6) is 0 Å². The zero-order chi connectivity index (χ0) is 15.0. The molecule has 114 valence electrons. The Bertz CT molecular complexity index is 584. The van der Waals surface area contributed by atoms with Gasteiger partial charge in [-0.3, -0.25) is 0 Å². The summed E-state index contributed by atoms with van der Waals surface area (Å²) in [4.78, 5) is 0.169. The maximum atomic E-state index is 12.7. The molecule has 0 saturated carbocycles. The van der Waals surface area contributed by atoms with Crippen molar-refractivity contribution in [3.63, 3.8) is 0 Å². The Labute approximate surface area is 132 Å². The van der Waals surface area contributed by atoms with Gasteiger partial charge in [-0.1, -0.05) is 13.8 Å². The van der Waals surface area contributed by atoms with Gasteiger partial charge in [-0.25, -0.2) is 8.42 Å². The first kappa shape index (κ1) is 16.4. The van der Waals surface area contributed by atoms with Crippen LogP contribution in [-0.2, 0) is 16.6 Å². The number of furan rings is 1. The largest absolute Gasteiger partial charge is 0.452 e. The molecule has 1 saturated heterocycles. The van der Waals surface area contributed by atoms with Gasteiger partial charge in [-0.2, -0.15) is 16.1 Å². The first-order chi connectivity index (χ1) is 9.26. The molecule has 2 heterocycles. The first-order valence-corrected chi connectivity index (χ1v) is 9.60. The standard InChI is InChI=1S/C12H19BrN2O3S2/c1-12(2)3-4-15(5-6-19-12)20(16,17)10-7-9(8-14)18-11(10)13/h7H,3-6,8,14H2,1-2H3. The molecular weight excluding hydrogens is 364 g/mol. The van der Waals surface area contributed by atoms with Crippen LogP contribution in [0.1, 0.15) is 26.0 Å². The molecule has 0 unspecified atom stereocenters. The fourth-order valence-electron chi connectivity index (χ4n) is 2.06. The molecular formula is C12H19BrN2O3S2. The van der Waals surface area contributed by atoms with E-state index < -0.39 is 10.0 Å². The van der Waals surface area contributed by atoms with Crippen LogP contribution >= 0.6 is 27.7 Å². The highest BCUT2D eigenvalue weighted by atomic mass is 79.9. The minimum Gasteiger partial charge on any atom is -0.452 e. The van der Waals surface area contributed by atoms with Crippen LogP contribution in [0.25, 0.3) is 0 Å². The van der Waals surface area contributed by atoms with Crippen LogP contribution in [0, 0.1) is 0 Å². The van der Waals surface area contributed by atoms with E-state index in [0.717, 1.165) is 12.2 Å². The first-order valence-electron chi connectivity index (χ1n) is 6.39. The van der Waals surface area contributed by atoms with Crippen LogP contribution in [0.15, 0.2) is 20.0 Å². The number of halogens is 1. The lowest BCUT2D eigenvalue weighted by Gasteiger charge is -2.22. The van der Waals surface area contributed by atoms with E-state index in [-0.39, 0.29) is 20.9 Å². The molecule has 0 aliphatic carbocycles. The molecule has 5 nitrogen and oxygen atoms in total. The van der Waals surface area contributed by atoms with Crippen molar-refractivity contribution in [3.8, 4) is 0 Å². The van der Waals surface area contributed by atoms with Gasteiger partial charge in [0.25, 0.3) is 0 Å². The fraction of sp³-hybridized carbons (Fsp3) is 0.667. The van der Waals surface area contributed by atoms with Gasteiger partial charge in [-0.05, 0) is 22.4 Å². The lowest BCUT2D eigenvalue weighted by atomic mass is 10.1. The Hall–Kier alpha value is -0.0200. The minimum atomic E-state index is -3.53. The van der Waals surface area contributed by atoms with Crippen molar-refractivity contribution in [1.29, 1.82) is 0 Å². The molecule has 0 radical (unpaired) electrons. The molecule has 0 aromatic carbocycles. The number of nitrogens with two attached hydrogens (primary N) is 1. The topological polar surface area (TPSA) is 76.5 Å². The van der Waals surface area contributed by atoms with Crippen molar-refractivity contribution in [2.24, 2.45) is 5.73 Å². The van der Waals surface area contributed by atoms with E-state index in [2.05, 4.69) is 29.8 Å². The lowest BCUT2D eigenvalue weighted by molar-refractivity contribution is 0.413. The summed E-state index contributed by atoms with van der Waals surface area (Å²) in [5.41, 5.74) is 5.49. The summed E-state index contributed by atoms with van der Waals surface area (Å²) >= 11 is 4.98. The third-order valence-corrected chi connectivity index (χ3v) is 7.45. The predicted molar refractivity (Wildman–Crippen MR) is 84.2 cm³/mol. The summed E-state index contributed by atoms with van der Waals surface area (Å²) in [6, 6.07) is 1.50. The molecule has 2 N–H and O–H groups in total. The van der Waals surface area contributed by atoms with Gasteiger partial charge >= 0.3 is 0 Å². The predicted octanol–water partition coefficient (Wildman–Crippen LogP) is 2.41. The van der Waals surface area contributed by atoms with Crippen molar-refractivity contribution in [2.75, 3.05) is 18.8 Å². The van der Waals surface area contributed by atoms with E-state index in [1.807, 2.05) is 11.8 Å². The zero-order valence-corrected chi connectivity index (χ0v) is 14.8. The average molecular weight is 383 g/mol. The van der Waals surface area contributed by atoms with Crippen LogP contribution in [0.3, 0.4) is 0 Å². The van der Waals surface area contributed by atoms with Crippen LogP contribution in [0.2, 0.25) is 0 Å². The van der Waals surface area contributed by atoms with Gasteiger partial charge in [-0.15, -0.1) is 0 Å². The summed E-state index contributed by atoms with van der Waals surface area (Å²) in [5.74, 6) is 1.26. The molecule has 0 bridgehead atoms. The number of thioether (sulfide) groups is 1. The maximum Gasteiger partial charge on any atom is 0.247 e. The van der Waals surface area contributed by atoms with Crippen molar-refractivity contribution in [2.45, 2.75) is 36.5 Å². The molecule has 1 aliphatic heterocycles. The van der Waals surface area contributed by atoms with Crippen molar-refractivity contribution < 1.29 is 12.8 Å². The second-order valence-corrected chi connectivity index (χ2v) is 9.75. The molecule has 2 rings (SSSR count). The van der Waals surface area contributed by atoms with Crippen molar-refractivity contribution >= 4 is 37.7 Å². The number of nitrogens with zero attached hydrogens (tertiary/aromatic N) is 1. The Morgan fingerprint density at radius 1 is 1.50 bits per heavy atom. The van der Waals surface area contributed by atoms with Crippen LogP contribution in [0.4, 0.5) is 0 Å². The Morgan fingerprint density at radius 3 is 2.80 bits per heavy atom. The third kappa shape index (κ3) is 3.41. The summed E-state index contributed by atoms with van der Waals surface area (Å²) in [6.45, 7) is 5.52. The highest BCUT2D eigenvalue weighted by Crippen LogP contribution is 2.34. The van der Waals surface area contributed by atoms with Gasteiger partial charge in [0.15, 0.2) is 4.67 Å². The zero-order valence-electron chi connectivity index (χ0n) is 11.6. The highest BCUT2D eigenvalue weighted by molar-refractivity contribution is 9.10. The molecule has 1 aromatic heterocycles. The van der Waals surface area contributed by atoms with Crippen molar-refractivity contribution in [1.82, 2.24) is 4.31 Å². The molecule has 1 fully saturated rings. The fourth-order valence-corrected chi connectivity index (χ4v) is 5.67. The van der Waals surface area contributed by atoms with Gasteiger partial charge < -0.3 is 10.2 Å². The number of hydrogen-bond acceptors (Lipinski definition) is 5. The van der Waals surface area contributed by atoms with E-state index in [1.54, 1.807) is 0 Å². The summed E-state index contributed by atoms with van der Waals surface area (Å²) in [6.07, 6.45) is 0.829. The van der Waals surface area contributed by atoms with E-state index in [9.17, 15) is 8.42 Å². The molecule has 1 aliphatic rings. The van der Waals surface area contributed by atoms with Gasteiger partial charge in [0, 0.05) is 29.7 Å². The summed E-state index contributed by atoms with van der Waals surface area (Å²) in [5, 5.41) is 0. The maximum absolute atomic E-state index is 12.7. The smallest absolute Gasteiger partial charge is 0.247 e. The quantitative estimate of drug-likeness (QED) is 0.868. The molecule has 0 amide bonds. The van der Waals surface area contributed by atoms with E-state index in [1.165, 1.54) is 10.4 Å². The lowest BCUT2D eigenvalue weighted by Crippen LogP contribution is -2.33.